The summed E-state index contributed by atoms with van der Waals surface area (Å²) in [6.45, 7) is 7.68. The summed E-state index contributed by atoms with van der Waals surface area (Å²) in [6, 6.07) is 5.54. The number of nitrogens with zero attached hydrogens (tertiary/aromatic N) is 1. The number of benzene rings is 1. The number of hydrogen-bond donors (Lipinski definition) is 1. The summed E-state index contributed by atoms with van der Waals surface area (Å²) < 4.78 is 13.1. The minimum atomic E-state index is -0.363. The number of rotatable bonds is 11. The minimum Gasteiger partial charge on any atom is -0.367 e. The van der Waals surface area contributed by atoms with Crippen LogP contribution in [-0.2, 0) is 0 Å². The maximum Gasteiger partial charge on any atom is 0.170 e. The predicted octanol–water partition coefficient (Wildman–Crippen LogP) is 6.15. The molecule has 30 heavy (non-hydrogen) atoms. The van der Waals surface area contributed by atoms with Crippen LogP contribution in [0.3, 0.4) is 0 Å². The molecule has 1 N–H and O–H groups in total. The van der Waals surface area contributed by atoms with Gasteiger partial charge in [-0.25, -0.2) is 4.39 Å². The van der Waals surface area contributed by atoms with Gasteiger partial charge in [-0.15, -0.1) is 0 Å². The zero-order valence-electron chi connectivity index (χ0n) is 18.0. The molecule has 3 nitrogen and oxygen atoms in total. The van der Waals surface area contributed by atoms with Gasteiger partial charge in [0.25, 0.3) is 0 Å². The maximum absolute atomic E-state index is 13.1. The summed E-state index contributed by atoms with van der Waals surface area (Å²) in [7, 11) is 1.66. The molecule has 0 aromatic heterocycles. The Bertz CT molecular complexity index is 856. The summed E-state index contributed by atoms with van der Waals surface area (Å²) in [5, 5.41) is 3.38. The normalized spacial score (nSPS) is 14.3. The van der Waals surface area contributed by atoms with E-state index in [1.54, 1.807) is 13.1 Å². The topological polar surface area (TPSA) is 41.5 Å². The molecule has 0 amide bonds. The molecule has 1 rings (SSSR count). The van der Waals surface area contributed by atoms with Crippen LogP contribution in [0.2, 0.25) is 0 Å². The first kappa shape index (κ1) is 24.8. The summed E-state index contributed by atoms with van der Waals surface area (Å²) >= 11 is 0. The predicted molar refractivity (Wildman–Crippen MR) is 126 cm³/mol. The molecule has 158 valence electrons. The van der Waals surface area contributed by atoms with Crippen LogP contribution in [0.15, 0.2) is 102 Å². The van der Waals surface area contributed by atoms with Crippen LogP contribution in [0, 0.1) is 5.82 Å². The number of amidine groups is 1. The first-order valence-electron chi connectivity index (χ1n) is 9.93. The lowest BCUT2D eigenvalue weighted by molar-refractivity contribution is 0.0999. The smallest absolute Gasteiger partial charge is 0.170 e. The second kappa shape index (κ2) is 14.7. The van der Waals surface area contributed by atoms with Gasteiger partial charge in [0.2, 0.25) is 0 Å². The van der Waals surface area contributed by atoms with E-state index in [9.17, 15) is 9.18 Å². The summed E-state index contributed by atoms with van der Waals surface area (Å²) in [5.74, 6) is 0.116. The third kappa shape index (κ3) is 9.78. The Kier molecular flexibility index (Phi) is 12.1. The fourth-order valence-electron chi connectivity index (χ4n) is 2.58. The van der Waals surface area contributed by atoms with Crippen molar-refractivity contribution in [2.75, 3.05) is 7.05 Å². The first-order chi connectivity index (χ1) is 14.5. The number of Topliss-reactive ketones (excluding diaryl/α,β-unsaturated/α-hetero) is 1. The third-order valence-corrected chi connectivity index (χ3v) is 4.29. The Labute approximate surface area is 179 Å². The van der Waals surface area contributed by atoms with Crippen molar-refractivity contribution in [1.29, 1.82) is 0 Å². The van der Waals surface area contributed by atoms with E-state index in [0.717, 1.165) is 12.0 Å². The van der Waals surface area contributed by atoms with Crippen molar-refractivity contribution in [3.63, 3.8) is 0 Å². The van der Waals surface area contributed by atoms with E-state index in [1.807, 2.05) is 62.5 Å². The van der Waals surface area contributed by atoms with Crippen molar-refractivity contribution in [3.8, 4) is 0 Å². The van der Waals surface area contributed by atoms with E-state index < -0.39 is 0 Å². The van der Waals surface area contributed by atoms with Gasteiger partial charge in [0.1, 0.15) is 11.7 Å². The number of carbonyl (C=O) groups excluding carboxylic acids is 1. The summed E-state index contributed by atoms with van der Waals surface area (Å²) in [4.78, 5) is 16.8. The molecule has 0 radical (unpaired) electrons. The zero-order chi connectivity index (χ0) is 22.2. The molecule has 0 fully saturated rings. The van der Waals surface area contributed by atoms with Gasteiger partial charge < -0.3 is 5.32 Å². The van der Waals surface area contributed by atoms with Crippen molar-refractivity contribution >= 4 is 11.6 Å². The van der Waals surface area contributed by atoms with Crippen molar-refractivity contribution < 1.29 is 9.18 Å². The summed E-state index contributed by atoms with van der Waals surface area (Å²) in [6.07, 6.45) is 20.3. The Hall–Kier alpha value is -3.27. The molecule has 0 aliphatic rings. The van der Waals surface area contributed by atoms with Crippen LogP contribution in [-0.4, -0.2) is 24.7 Å². The monoisotopic (exact) mass is 406 g/mol. The van der Waals surface area contributed by atoms with Gasteiger partial charge in [0.15, 0.2) is 5.78 Å². The number of ketones is 1. The Morgan fingerprint density at radius 3 is 2.47 bits per heavy atom. The number of nitrogens with one attached hydrogen (secondary N) is 1. The number of carbonyl (C=O) groups is 1. The van der Waals surface area contributed by atoms with E-state index >= 15 is 0 Å². The van der Waals surface area contributed by atoms with Gasteiger partial charge in [-0.1, -0.05) is 72.9 Å². The molecule has 0 spiro atoms. The molecule has 1 aromatic rings. The fraction of sp³-hybridized carbons (Fsp3) is 0.231. The van der Waals surface area contributed by atoms with Crippen LogP contribution in [0.4, 0.5) is 4.39 Å². The molecule has 4 heteroatoms. The number of aliphatic imine (C=N–C) groups is 1. The standard InChI is InChI=1S/C26H31FN2O/c1-5-7-9-10-11-13-15-24(21(3)14-12-8-6-2)29-26(28-4)20-25(30)22-16-18-23(27)19-17-22/h5-14,16-19,24H,2,15,20H2,1,3-4H3,(H,28,29)/b7-5-,10-9-,12-8-,13-11+,21-14+/t24-/m0/s1. The van der Waals surface area contributed by atoms with E-state index in [2.05, 4.69) is 23.0 Å². The molecular weight excluding hydrogens is 375 g/mol. The van der Waals surface area contributed by atoms with E-state index in [1.165, 1.54) is 24.3 Å². The second-order valence-electron chi connectivity index (χ2n) is 6.58. The van der Waals surface area contributed by atoms with Crippen molar-refractivity contribution in [2.24, 2.45) is 4.99 Å². The molecule has 0 heterocycles. The van der Waals surface area contributed by atoms with Crippen molar-refractivity contribution in [1.82, 2.24) is 5.32 Å². The summed E-state index contributed by atoms with van der Waals surface area (Å²) in [5.41, 5.74) is 1.57. The maximum atomic E-state index is 13.1. The SMILES string of the molecule is C=C/C=C\C=C(/C)[C@H](C/C=C/C=C\C=C/C)NC(CC(=O)c1ccc(F)cc1)=NC. The van der Waals surface area contributed by atoms with Gasteiger partial charge in [-0.3, -0.25) is 9.79 Å². The lowest BCUT2D eigenvalue weighted by Crippen LogP contribution is -2.36. The highest BCUT2D eigenvalue weighted by Crippen LogP contribution is 2.11. The van der Waals surface area contributed by atoms with Gasteiger partial charge in [-0.2, -0.15) is 0 Å². The first-order valence-corrected chi connectivity index (χ1v) is 9.93. The molecule has 0 unspecified atom stereocenters. The largest absolute Gasteiger partial charge is 0.367 e. The zero-order valence-corrected chi connectivity index (χ0v) is 18.0. The van der Waals surface area contributed by atoms with Crippen LogP contribution < -0.4 is 5.32 Å². The average molecular weight is 407 g/mol. The van der Waals surface area contributed by atoms with E-state index in [0.29, 0.717) is 11.4 Å². The molecule has 0 aliphatic carbocycles. The number of allylic oxidation sites excluding steroid dienone is 9. The van der Waals surface area contributed by atoms with Gasteiger partial charge >= 0.3 is 0 Å². The highest BCUT2D eigenvalue weighted by Gasteiger charge is 2.15. The fourth-order valence-corrected chi connectivity index (χ4v) is 2.58. The number of halogens is 1. The Morgan fingerprint density at radius 2 is 1.83 bits per heavy atom. The highest BCUT2D eigenvalue weighted by atomic mass is 19.1. The average Bonchev–Trinajstić information content (AvgIpc) is 2.74. The molecule has 1 atom stereocenters. The molecular formula is C26H31FN2O. The van der Waals surface area contributed by atoms with Crippen LogP contribution >= 0.6 is 0 Å². The Balaban J connectivity index is 2.91. The minimum absolute atomic E-state index is 0.0226. The lowest BCUT2D eigenvalue weighted by Gasteiger charge is -2.20. The van der Waals surface area contributed by atoms with Crippen molar-refractivity contribution in [2.45, 2.75) is 32.7 Å². The molecule has 0 aliphatic heterocycles. The van der Waals surface area contributed by atoms with Crippen molar-refractivity contribution in [3.05, 3.63) is 109 Å². The quantitative estimate of drug-likeness (QED) is 0.207. The van der Waals surface area contributed by atoms with Gasteiger partial charge in [0.05, 0.1) is 12.5 Å². The van der Waals surface area contributed by atoms with Gasteiger partial charge in [-0.05, 0) is 44.5 Å². The van der Waals surface area contributed by atoms with Gasteiger partial charge in [0, 0.05) is 12.6 Å². The molecule has 0 saturated heterocycles. The van der Waals surface area contributed by atoms with E-state index in [4.69, 9.17) is 0 Å². The lowest BCUT2D eigenvalue weighted by atomic mass is 10.0. The van der Waals surface area contributed by atoms with Crippen LogP contribution in [0.5, 0.6) is 0 Å². The highest BCUT2D eigenvalue weighted by molar-refractivity contribution is 6.09. The Morgan fingerprint density at radius 1 is 1.13 bits per heavy atom. The second-order valence-corrected chi connectivity index (χ2v) is 6.58. The molecule has 0 bridgehead atoms. The van der Waals surface area contributed by atoms with Crippen LogP contribution in [0.1, 0.15) is 37.0 Å². The molecule has 1 aromatic carbocycles. The van der Waals surface area contributed by atoms with Crippen LogP contribution in [0.25, 0.3) is 0 Å². The third-order valence-electron chi connectivity index (χ3n) is 4.29. The molecule has 0 saturated carbocycles. The number of hydrogen-bond acceptors (Lipinski definition) is 2. The van der Waals surface area contributed by atoms with E-state index in [-0.39, 0.29) is 24.1 Å².